The van der Waals surface area contributed by atoms with E-state index >= 15 is 0 Å². The predicted molar refractivity (Wildman–Crippen MR) is 150 cm³/mol. The third-order valence-corrected chi connectivity index (χ3v) is 7.12. The number of halogens is 1. The Balaban J connectivity index is 0.00000441. The number of amides is 3. The zero-order valence-corrected chi connectivity index (χ0v) is 23.9. The molecule has 2 aliphatic heterocycles. The van der Waals surface area contributed by atoms with Crippen molar-refractivity contribution in [3.05, 3.63) is 41.2 Å². The van der Waals surface area contributed by atoms with Gasteiger partial charge >= 0.3 is 0 Å². The minimum absolute atomic E-state index is 0. The van der Waals surface area contributed by atoms with Crippen molar-refractivity contribution in [1.82, 2.24) is 35.8 Å². The van der Waals surface area contributed by atoms with Gasteiger partial charge in [-0.05, 0) is 50.9 Å². The zero-order chi connectivity index (χ0) is 27.8. The second kappa shape index (κ2) is 15.0. The van der Waals surface area contributed by atoms with Gasteiger partial charge in [-0.15, -0.1) is 17.5 Å². The van der Waals surface area contributed by atoms with E-state index in [1.165, 1.54) is 6.92 Å². The Morgan fingerprint density at radius 1 is 1.15 bits per heavy atom. The number of aliphatic hydroxyl groups excluding tert-OH is 1. The molecule has 1 aromatic heterocycles. The van der Waals surface area contributed by atoms with Crippen LogP contribution < -0.4 is 20.7 Å². The van der Waals surface area contributed by atoms with E-state index in [1.54, 1.807) is 27.8 Å². The molecule has 40 heavy (non-hydrogen) atoms. The van der Waals surface area contributed by atoms with E-state index in [0.717, 1.165) is 37.1 Å². The molecule has 4 rings (SSSR count). The second-order valence-corrected chi connectivity index (χ2v) is 10.2. The molecular formula is C27H40ClN7O5. The number of aliphatic hydroxyl groups is 1. The second-order valence-electron chi connectivity index (χ2n) is 10.2. The largest absolute Gasteiger partial charge is 0.493 e. The molecular weight excluding hydrogens is 538 g/mol. The molecule has 1 fully saturated rings. The molecule has 2 aromatic rings. The molecule has 4 bridgehead atoms. The third-order valence-electron chi connectivity index (χ3n) is 7.12. The highest BCUT2D eigenvalue weighted by atomic mass is 35.5. The van der Waals surface area contributed by atoms with Crippen LogP contribution in [0.2, 0.25) is 0 Å². The average molecular weight is 578 g/mol. The van der Waals surface area contributed by atoms with Gasteiger partial charge in [-0.2, -0.15) is 0 Å². The number of fused-ring (bicyclic) bond motifs is 4. The standard InChI is InChI=1S/C27H39N7O5.ClH/c1-18-7-8-20-16-23(18)39-15-5-12-34-17-21(31-32-34)9-13-33(27(38)22-6-3-4-10-28-22)14-11-29-26(37)24(19(2)35)30-25(20)36;/h7-8,16-17,19,22,24,28,35H,3-6,9-15H2,1-2H3,(H,29,37)(H,30,36);1H/t19-,22-,24+;/m1./s1. The fourth-order valence-corrected chi connectivity index (χ4v) is 4.79. The lowest BCUT2D eigenvalue weighted by Gasteiger charge is -2.30. The van der Waals surface area contributed by atoms with Gasteiger partial charge in [0.2, 0.25) is 11.8 Å². The lowest BCUT2D eigenvalue weighted by atomic mass is 10.0. The molecule has 0 aliphatic carbocycles. The highest BCUT2D eigenvalue weighted by Gasteiger charge is 2.28. The summed E-state index contributed by atoms with van der Waals surface area (Å²) in [6.45, 7) is 6.06. The number of carbonyl (C=O) groups is 3. The first kappa shape index (κ1) is 31.3. The Labute approximate surface area is 240 Å². The van der Waals surface area contributed by atoms with Crippen LogP contribution in [0.4, 0.5) is 0 Å². The number of ether oxygens (including phenoxy) is 1. The van der Waals surface area contributed by atoms with Gasteiger partial charge in [0.25, 0.3) is 5.91 Å². The molecule has 0 unspecified atom stereocenters. The molecule has 3 atom stereocenters. The number of hydrogen-bond acceptors (Lipinski definition) is 8. The number of aryl methyl sites for hydroxylation is 2. The van der Waals surface area contributed by atoms with Crippen LogP contribution in [0.15, 0.2) is 24.4 Å². The lowest BCUT2D eigenvalue weighted by Crippen LogP contribution is -2.54. The summed E-state index contributed by atoms with van der Waals surface area (Å²) in [5.74, 6) is -0.453. The summed E-state index contributed by atoms with van der Waals surface area (Å²) in [5, 5.41) is 27.5. The zero-order valence-electron chi connectivity index (χ0n) is 23.1. The molecule has 0 spiro atoms. The topological polar surface area (TPSA) is 151 Å². The summed E-state index contributed by atoms with van der Waals surface area (Å²) in [7, 11) is 0. The molecule has 13 heteroatoms. The number of nitrogens with zero attached hydrogens (tertiary/aromatic N) is 4. The molecule has 4 N–H and O–H groups in total. The SMILES string of the molecule is Cc1ccc2cc1OCCCn1cc(nn1)CCN(C(=O)[C@H]1CCCCN1)CCNC(=O)[C@H]([C@@H](C)O)NC2=O.Cl. The van der Waals surface area contributed by atoms with Gasteiger partial charge in [-0.1, -0.05) is 17.7 Å². The maximum atomic E-state index is 13.3. The predicted octanol–water partition coefficient (Wildman–Crippen LogP) is 0.600. The van der Waals surface area contributed by atoms with Gasteiger partial charge in [0.1, 0.15) is 11.8 Å². The maximum Gasteiger partial charge on any atom is 0.252 e. The Morgan fingerprint density at radius 2 is 1.98 bits per heavy atom. The molecule has 3 heterocycles. The smallest absolute Gasteiger partial charge is 0.252 e. The molecule has 0 radical (unpaired) electrons. The molecule has 1 aromatic carbocycles. The summed E-state index contributed by atoms with van der Waals surface area (Å²) in [4.78, 5) is 41.0. The van der Waals surface area contributed by atoms with Crippen molar-refractivity contribution in [2.75, 3.05) is 32.8 Å². The van der Waals surface area contributed by atoms with E-state index in [-0.39, 0.29) is 37.4 Å². The van der Waals surface area contributed by atoms with E-state index in [1.807, 2.05) is 13.1 Å². The molecule has 1 saturated heterocycles. The number of aromatic nitrogens is 3. The van der Waals surface area contributed by atoms with Crippen LogP contribution in [0.3, 0.4) is 0 Å². The maximum absolute atomic E-state index is 13.3. The van der Waals surface area contributed by atoms with Crippen molar-refractivity contribution in [3.63, 3.8) is 0 Å². The number of hydrogen-bond donors (Lipinski definition) is 4. The van der Waals surface area contributed by atoms with Crippen LogP contribution in [0.5, 0.6) is 5.75 Å². The normalized spacial score (nSPS) is 22.1. The first-order valence-corrected chi connectivity index (χ1v) is 13.7. The van der Waals surface area contributed by atoms with Gasteiger partial charge in [-0.25, -0.2) is 0 Å². The molecule has 0 saturated carbocycles. The first-order chi connectivity index (χ1) is 18.8. The third kappa shape index (κ3) is 8.39. The minimum Gasteiger partial charge on any atom is -0.493 e. The number of rotatable bonds is 2. The van der Waals surface area contributed by atoms with Crippen molar-refractivity contribution >= 4 is 30.1 Å². The van der Waals surface area contributed by atoms with Crippen LogP contribution in [0, 0.1) is 6.92 Å². The van der Waals surface area contributed by atoms with E-state index in [0.29, 0.717) is 43.9 Å². The molecule has 220 valence electrons. The number of benzene rings is 1. The van der Waals surface area contributed by atoms with Crippen molar-refractivity contribution < 1.29 is 24.2 Å². The van der Waals surface area contributed by atoms with Gasteiger partial charge < -0.3 is 30.7 Å². The van der Waals surface area contributed by atoms with Crippen LogP contribution in [-0.4, -0.2) is 93.7 Å². The molecule has 12 nitrogen and oxygen atoms in total. The molecule has 3 amide bonds. The van der Waals surface area contributed by atoms with Gasteiger partial charge in [0.15, 0.2) is 0 Å². The molecule has 2 aliphatic rings. The van der Waals surface area contributed by atoms with E-state index in [4.69, 9.17) is 4.74 Å². The van der Waals surface area contributed by atoms with Gasteiger partial charge in [0.05, 0.1) is 24.4 Å². The van der Waals surface area contributed by atoms with Crippen LogP contribution >= 0.6 is 12.4 Å². The van der Waals surface area contributed by atoms with Crippen LogP contribution in [-0.2, 0) is 22.6 Å². The highest BCUT2D eigenvalue weighted by Crippen LogP contribution is 2.20. The lowest BCUT2D eigenvalue weighted by molar-refractivity contribution is -0.134. The van der Waals surface area contributed by atoms with E-state index in [2.05, 4.69) is 26.3 Å². The number of carbonyl (C=O) groups excluding carboxylic acids is 3. The minimum atomic E-state index is -1.16. The Kier molecular flexibility index (Phi) is 11.7. The van der Waals surface area contributed by atoms with Gasteiger partial charge in [0, 0.05) is 50.8 Å². The van der Waals surface area contributed by atoms with E-state index < -0.39 is 24.0 Å². The fraction of sp³-hybridized carbons (Fsp3) is 0.593. The Hall–Kier alpha value is -3.22. The number of nitrogens with one attached hydrogen (secondary N) is 3. The van der Waals surface area contributed by atoms with Crippen molar-refractivity contribution in [1.29, 1.82) is 0 Å². The summed E-state index contributed by atoms with van der Waals surface area (Å²) in [5.41, 5.74) is 1.98. The Bertz CT molecular complexity index is 1150. The van der Waals surface area contributed by atoms with E-state index in [9.17, 15) is 19.5 Å². The van der Waals surface area contributed by atoms with Crippen molar-refractivity contribution in [3.8, 4) is 5.75 Å². The van der Waals surface area contributed by atoms with Crippen molar-refractivity contribution in [2.24, 2.45) is 0 Å². The highest BCUT2D eigenvalue weighted by molar-refractivity contribution is 5.98. The summed E-state index contributed by atoms with van der Waals surface area (Å²) < 4.78 is 7.69. The quantitative estimate of drug-likeness (QED) is 0.405. The van der Waals surface area contributed by atoms with Crippen molar-refractivity contribution in [2.45, 2.75) is 70.7 Å². The first-order valence-electron chi connectivity index (χ1n) is 13.7. The summed E-state index contributed by atoms with van der Waals surface area (Å²) in [6.07, 6.45) is 4.78. The summed E-state index contributed by atoms with van der Waals surface area (Å²) >= 11 is 0. The Morgan fingerprint density at radius 3 is 2.73 bits per heavy atom. The van der Waals surface area contributed by atoms with Gasteiger partial charge in [-0.3, -0.25) is 19.1 Å². The number of piperidine rings is 1. The summed E-state index contributed by atoms with van der Waals surface area (Å²) in [6, 6.07) is 3.66. The van der Waals surface area contributed by atoms with Crippen LogP contribution in [0.1, 0.15) is 54.2 Å². The average Bonchev–Trinajstić information content (AvgIpc) is 3.39. The van der Waals surface area contributed by atoms with Crippen LogP contribution in [0.25, 0.3) is 0 Å². The fourth-order valence-electron chi connectivity index (χ4n) is 4.79. The monoisotopic (exact) mass is 577 g/mol.